The van der Waals surface area contributed by atoms with E-state index in [2.05, 4.69) is 54.4 Å². The third-order valence-corrected chi connectivity index (χ3v) is 7.72. The van der Waals surface area contributed by atoms with Crippen LogP contribution in [-0.2, 0) is 0 Å². The second-order valence-electron chi connectivity index (χ2n) is 6.50. The number of aromatic hydroxyl groups is 2. The second kappa shape index (κ2) is 7.89. The standard InChI is InChI=1S/C23H22O2Si/c1-26(23-5-3-2-4-6-23,17-15-19-7-11-21(24)12-8-19)18-16-20-9-13-22(25)14-10-20/h2-18,24-25H,1H3. The van der Waals surface area contributed by atoms with Crippen LogP contribution in [0.4, 0.5) is 0 Å². The quantitative estimate of drug-likeness (QED) is 0.638. The van der Waals surface area contributed by atoms with E-state index in [0.29, 0.717) is 0 Å². The molecule has 26 heavy (non-hydrogen) atoms. The van der Waals surface area contributed by atoms with Gasteiger partial charge in [-0.05, 0) is 35.4 Å². The van der Waals surface area contributed by atoms with Gasteiger partial charge in [-0.1, -0.05) is 89.9 Å². The predicted molar refractivity (Wildman–Crippen MR) is 112 cm³/mol. The van der Waals surface area contributed by atoms with Crippen LogP contribution in [0.25, 0.3) is 12.2 Å². The Labute approximate surface area is 155 Å². The summed E-state index contributed by atoms with van der Waals surface area (Å²) in [5.74, 6) is 0.551. The van der Waals surface area contributed by atoms with Crippen LogP contribution in [0.2, 0.25) is 6.55 Å². The van der Waals surface area contributed by atoms with Crippen LogP contribution in [0.3, 0.4) is 0 Å². The zero-order valence-electron chi connectivity index (χ0n) is 14.7. The Kier molecular flexibility index (Phi) is 5.39. The van der Waals surface area contributed by atoms with Crippen molar-refractivity contribution in [1.82, 2.24) is 0 Å². The maximum atomic E-state index is 9.45. The second-order valence-corrected chi connectivity index (χ2v) is 10.3. The lowest BCUT2D eigenvalue weighted by atomic mass is 10.2. The molecule has 0 spiro atoms. The summed E-state index contributed by atoms with van der Waals surface area (Å²) in [5.41, 5.74) is 6.73. The van der Waals surface area contributed by atoms with Gasteiger partial charge in [-0.15, -0.1) is 0 Å². The average molecular weight is 359 g/mol. The lowest BCUT2D eigenvalue weighted by Gasteiger charge is -2.20. The molecule has 0 aliphatic carbocycles. The lowest BCUT2D eigenvalue weighted by Crippen LogP contribution is -2.41. The van der Waals surface area contributed by atoms with Gasteiger partial charge in [0, 0.05) is 0 Å². The molecule has 0 fully saturated rings. The molecule has 0 radical (unpaired) electrons. The highest BCUT2D eigenvalue weighted by atomic mass is 28.3. The molecule has 2 nitrogen and oxygen atoms in total. The van der Waals surface area contributed by atoms with E-state index in [1.54, 1.807) is 24.3 Å². The van der Waals surface area contributed by atoms with E-state index in [1.807, 2.05) is 30.3 Å². The highest BCUT2D eigenvalue weighted by molar-refractivity contribution is 6.99. The van der Waals surface area contributed by atoms with Crippen molar-refractivity contribution in [3.05, 3.63) is 101 Å². The van der Waals surface area contributed by atoms with E-state index >= 15 is 0 Å². The van der Waals surface area contributed by atoms with Gasteiger partial charge in [-0.2, -0.15) is 0 Å². The van der Waals surface area contributed by atoms with Crippen LogP contribution in [0.1, 0.15) is 11.1 Å². The monoisotopic (exact) mass is 358 g/mol. The fraction of sp³-hybridized carbons (Fsp3) is 0.0435. The molecule has 0 bridgehead atoms. The maximum absolute atomic E-state index is 9.45. The minimum Gasteiger partial charge on any atom is -0.508 e. The lowest BCUT2D eigenvalue weighted by molar-refractivity contribution is 0.474. The summed E-state index contributed by atoms with van der Waals surface area (Å²) in [7, 11) is -2.00. The molecule has 3 aromatic rings. The number of hydrogen-bond acceptors (Lipinski definition) is 2. The Balaban J connectivity index is 1.94. The van der Waals surface area contributed by atoms with Gasteiger partial charge >= 0.3 is 0 Å². The first-order valence-electron chi connectivity index (χ1n) is 8.57. The fourth-order valence-corrected chi connectivity index (χ4v) is 5.24. The van der Waals surface area contributed by atoms with Gasteiger partial charge in [0.05, 0.1) is 0 Å². The Morgan fingerprint density at radius 1 is 0.615 bits per heavy atom. The molecule has 3 heteroatoms. The Morgan fingerprint density at radius 2 is 1.04 bits per heavy atom. The summed E-state index contributed by atoms with van der Waals surface area (Å²) < 4.78 is 0. The summed E-state index contributed by atoms with van der Waals surface area (Å²) in [5, 5.41) is 20.2. The molecular formula is C23H22O2Si. The van der Waals surface area contributed by atoms with Crippen LogP contribution in [-0.4, -0.2) is 18.3 Å². The van der Waals surface area contributed by atoms with Crippen LogP contribution in [0, 0.1) is 0 Å². The molecule has 0 unspecified atom stereocenters. The number of hydrogen-bond donors (Lipinski definition) is 2. The molecule has 2 N–H and O–H groups in total. The predicted octanol–water partition coefficient (Wildman–Crippen LogP) is 4.89. The molecule has 0 aliphatic heterocycles. The fourth-order valence-electron chi connectivity index (χ4n) is 2.75. The van der Waals surface area contributed by atoms with E-state index in [-0.39, 0.29) is 11.5 Å². The van der Waals surface area contributed by atoms with Crippen molar-refractivity contribution in [2.75, 3.05) is 0 Å². The SMILES string of the molecule is C[Si](C=Cc1ccc(O)cc1)(C=Cc1ccc(O)cc1)c1ccccc1. The van der Waals surface area contributed by atoms with E-state index in [0.717, 1.165) is 11.1 Å². The first-order chi connectivity index (χ1) is 12.5. The van der Waals surface area contributed by atoms with Crippen molar-refractivity contribution in [3.63, 3.8) is 0 Å². The van der Waals surface area contributed by atoms with E-state index in [9.17, 15) is 10.2 Å². The molecule has 0 saturated carbocycles. The molecule has 3 rings (SSSR count). The first kappa shape index (κ1) is 17.8. The number of rotatable bonds is 5. The average Bonchev–Trinajstić information content (AvgIpc) is 2.68. The molecule has 3 aromatic carbocycles. The molecule has 0 aromatic heterocycles. The minimum absolute atomic E-state index is 0.275. The first-order valence-corrected chi connectivity index (χ1v) is 11.2. The molecule has 130 valence electrons. The van der Waals surface area contributed by atoms with Crippen molar-refractivity contribution < 1.29 is 10.2 Å². The van der Waals surface area contributed by atoms with Crippen LogP contribution >= 0.6 is 0 Å². The normalized spacial score (nSPS) is 13.9. The summed E-state index contributed by atoms with van der Waals surface area (Å²) in [4.78, 5) is 0. The van der Waals surface area contributed by atoms with Gasteiger partial charge in [0.1, 0.15) is 19.6 Å². The van der Waals surface area contributed by atoms with E-state index < -0.39 is 8.07 Å². The van der Waals surface area contributed by atoms with Crippen LogP contribution in [0.5, 0.6) is 11.5 Å². The Hall–Kier alpha value is -3.04. The molecule has 0 saturated heterocycles. The van der Waals surface area contributed by atoms with Crippen molar-refractivity contribution >= 4 is 25.4 Å². The smallest absolute Gasteiger partial charge is 0.130 e. The van der Waals surface area contributed by atoms with E-state index in [1.165, 1.54) is 5.19 Å². The van der Waals surface area contributed by atoms with Crippen molar-refractivity contribution in [1.29, 1.82) is 0 Å². The third kappa shape index (κ3) is 4.52. The van der Waals surface area contributed by atoms with Gasteiger partial charge in [0.15, 0.2) is 0 Å². The summed E-state index contributed by atoms with van der Waals surface area (Å²) in [6.45, 7) is 2.30. The van der Waals surface area contributed by atoms with Gasteiger partial charge in [-0.3, -0.25) is 0 Å². The summed E-state index contributed by atoms with van der Waals surface area (Å²) in [6.07, 6.45) is 4.25. The zero-order chi connectivity index (χ0) is 18.4. The maximum Gasteiger partial charge on any atom is 0.130 e. The van der Waals surface area contributed by atoms with Crippen LogP contribution in [0.15, 0.2) is 90.3 Å². The van der Waals surface area contributed by atoms with Gasteiger partial charge in [-0.25, -0.2) is 0 Å². The highest BCUT2D eigenvalue weighted by Gasteiger charge is 2.22. The van der Waals surface area contributed by atoms with Crippen molar-refractivity contribution in [2.45, 2.75) is 6.55 Å². The topological polar surface area (TPSA) is 40.5 Å². The molecule has 0 aliphatic rings. The summed E-state index contributed by atoms with van der Waals surface area (Å²) in [6, 6.07) is 25.0. The Morgan fingerprint density at radius 3 is 1.46 bits per heavy atom. The molecular weight excluding hydrogens is 336 g/mol. The van der Waals surface area contributed by atoms with Crippen LogP contribution < -0.4 is 5.19 Å². The van der Waals surface area contributed by atoms with E-state index in [4.69, 9.17) is 0 Å². The van der Waals surface area contributed by atoms with Gasteiger partial charge < -0.3 is 10.2 Å². The summed E-state index contributed by atoms with van der Waals surface area (Å²) >= 11 is 0. The van der Waals surface area contributed by atoms with Gasteiger partial charge in [0.25, 0.3) is 0 Å². The number of phenolic OH excluding ortho intramolecular Hbond substituents is 2. The highest BCUT2D eigenvalue weighted by Crippen LogP contribution is 2.17. The zero-order valence-corrected chi connectivity index (χ0v) is 15.7. The van der Waals surface area contributed by atoms with Gasteiger partial charge in [0.2, 0.25) is 0 Å². The number of benzene rings is 3. The number of phenols is 2. The molecule has 0 heterocycles. The minimum atomic E-state index is -2.00. The Bertz CT molecular complexity index is 840. The van der Waals surface area contributed by atoms with Crippen molar-refractivity contribution in [2.24, 2.45) is 0 Å². The largest absolute Gasteiger partial charge is 0.508 e. The van der Waals surface area contributed by atoms with Crippen molar-refractivity contribution in [3.8, 4) is 11.5 Å². The molecule has 0 amide bonds. The molecule has 0 atom stereocenters. The third-order valence-electron chi connectivity index (χ3n) is 4.43.